The Hall–Kier alpha value is -3.07. The van der Waals surface area contributed by atoms with Crippen LogP contribution in [-0.2, 0) is 16.1 Å². The molecule has 9 heteroatoms. The highest BCUT2D eigenvalue weighted by Crippen LogP contribution is 2.37. The maximum absolute atomic E-state index is 13.0. The maximum Gasteiger partial charge on any atom is 0.255 e. The molecule has 1 aromatic heterocycles. The molecule has 1 saturated heterocycles. The second-order valence-corrected chi connectivity index (χ2v) is 8.25. The third-order valence-corrected chi connectivity index (χ3v) is 6.57. The van der Waals surface area contributed by atoms with E-state index in [4.69, 9.17) is 0 Å². The molecule has 3 aliphatic rings. The summed E-state index contributed by atoms with van der Waals surface area (Å²) in [7, 11) is 1.94. The minimum absolute atomic E-state index is 0.172. The van der Waals surface area contributed by atoms with Crippen LogP contribution in [0.15, 0.2) is 24.4 Å². The summed E-state index contributed by atoms with van der Waals surface area (Å²) in [6.45, 7) is 0.309. The van der Waals surface area contributed by atoms with E-state index in [1.165, 1.54) is 19.3 Å². The Morgan fingerprint density at radius 2 is 2.03 bits per heavy atom. The van der Waals surface area contributed by atoms with E-state index in [0.29, 0.717) is 24.4 Å². The van der Waals surface area contributed by atoms with Crippen LogP contribution in [0.4, 0.5) is 0 Å². The summed E-state index contributed by atoms with van der Waals surface area (Å²) in [6, 6.07) is 5.05. The van der Waals surface area contributed by atoms with Gasteiger partial charge >= 0.3 is 0 Å². The first kappa shape index (κ1) is 18.9. The zero-order valence-corrected chi connectivity index (χ0v) is 16.8. The second-order valence-electron chi connectivity index (χ2n) is 8.25. The molecule has 1 aliphatic carbocycles. The Morgan fingerprint density at radius 1 is 1.20 bits per heavy atom. The lowest BCUT2D eigenvalue weighted by Gasteiger charge is -2.32. The fraction of sp³-hybridized carbons (Fsp3) is 0.476. The highest BCUT2D eigenvalue weighted by molar-refractivity contribution is 6.05. The molecule has 1 saturated carbocycles. The van der Waals surface area contributed by atoms with Gasteiger partial charge in [-0.25, -0.2) is 4.68 Å². The van der Waals surface area contributed by atoms with Crippen LogP contribution in [0, 0.1) is 5.92 Å². The number of rotatable bonds is 5. The number of benzene rings is 1. The molecule has 2 fully saturated rings. The summed E-state index contributed by atoms with van der Waals surface area (Å²) < 4.78 is 1.72. The minimum Gasteiger partial charge on any atom is -0.322 e. The van der Waals surface area contributed by atoms with Crippen LogP contribution in [0.5, 0.6) is 0 Å². The van der Waals surface area contributed by atoms with Crippen molar-refractivity contribution in [1.82, 2.24) is 30.5 Å². The van der Waals surface area contributed by atoms with Crippen molar-refractivity contribution in [2.75, 3.05) is 7.05 Å². The molecule has 0 radical (unpaired) electrons. The van der Waals surface area contributed by atoms with E-state index in [1.54, 1.807) is 15.6 Å². The first-order valence-corrected chi connectivity index (χ1v) is 10.4. The topological polar surface area (TPSA) is 109 Å². The van der Waals surface area contributed by atoms with Crippen molar-refractivity contribution in [2.45, 2.75) is 50.7 Å². The molecule has 2 unspecified atom stereocenters. The molecule has 1 aromatic carbocycles. The smallest absolute Gasteiger partial charge is 0.255 e. The first-order chi connectivity index (χ1) is 14.6. The molecule has 0 spiro atoms. The van der Waals surface area contributed by atoms with Crippen LogP contribution in [0.2, 0.25) is 0 Å². The van der Waals surface area contributed by atoms with Gasteiger partial charge in [-0.05, 0) is 44.4 Å². The molecule has 0 bridgehead atoms. The third kappa shape index (κ3) is 3.00. The highest BCUT2D eigenvalue weighted by atomic mass is 16.2. The van der Waals surface area contributed by atoms with Gasteiger partial charge in [-0.1, -0.05) is 17.7 Å². The van der Waals surface area contributed by atoms with Gasteiger partial charge in [-0.3, -0.25) is 19.7 Å². The van der Waals surface area contributed by atoms with E-state index in [1.807, 2.05) is 25.4 Å². The van der Waals surface area contributed by atoms with Crippen LogP contribution >= 0.6 is 0 Å². The Labute approximate surface area is 173 Å². The van der Waals surface area contributed by atoms with Crippen molar-refractivity contribution >= 4 is 17.7 Å². The van der Waals surface area contributed by atoms with Crippen molar-refractivity contribution < 1.29 is 14.4 Å². The normalized spacial score (nSPS) is 22.6. The molecule has 3 amide bonds. The van der Waals surface area contributed by atoms with Gasteiger partial charge in [0.05, 0.1) is 17.9 Å². The molecule has 3 heterocycles. The van der Waals surface area contributed by atoms with Gasteiger partial charge in [-0.2, -0.15) is 0 Å². The molecule has 2 atom stereocenters. The molecule has 5 rings (SSSR count). The number of imide groups is 1. The predicted molar refractivity (Wildman–Crippen MR) is 107 cm³/mol. The number of piperidine rings is 1. The van der Waals surface area contributed by atoms with Crippen LogP contribution in [0.1, 0.15) is 59.8 Å². The Bertz CT molecular complexity index is 1030. The summed E-state index contributed by atoms with van der Waals surface area (Å²) in [5.41, 5.74) is 3.08. The molecule has 9 nitrogen and oxygen atoms in total. The molecule has 2 aliphatic heterocycles. The lowest BCUT2D eigenvalue weighted by Crippen LogP contribution is -2.52. The molecule has 2 N–H and O–H groups in total. The Balaban J connectivity index is 1.44. The third-order valence-electron chi connectivity index (χ3n) is 6.57. The second kappa shape index (κ2) is 7.32. The number of aromatic nitrogens is 3. The van der Waals surface area contributed by atoms with E-state index in [2.05, 4.69) is 20.9 Å². The van der Waals surface area contributed by atoms with Crippen molar-refractivity contribution in [3.8, 4) is 5.69 Å². The number of nitrogens with zero attached hydrogens (tertiary/aromatic N) is 4. The summed E-state index contributed by atoms with van der Waals surface area (Å²) in [5, 5.41) is 14.4. The van der Waals surface area contributed by atoms with Gasteiger partial charge in [0, 0.05) is 24.1 Å². The van der Waals surface area contributed by atoms with Gasteiger partial charge in [0.25, 0.3) is 5.91 Å². The van der Waals surface area contributed by atoms with Gasteiger partial charge in [0.1, 0.15) is 11.7 Å². The Kier molecular flexibility index (Phi) is 4.62. The molecule has 156 valence electrons. The maximum atomic E-state index is 13.0. The van der Waals surface area contributed by atoms with Crippen LogP contribution < -0.4 is 10.6 Å². The fourth-order valence-corrected chi connectivity index (χ4v) is 4.72. The first-order valence-electron chi connectivity index (χ1n) is 10.4. The largest absolute Gasteiger partial charge is 0.322 e. The average Bonchev–Trinajstić information content (AvgIpc) is 3.30. The van der Waals surface area contributed by atoms with Crippen molar-refractivity contribution in [1.29, 1.82) is 0 Å². The summed E-state index contributed by atoms with van der Waals surface area (Å²) in [6.07, 6.45) is 6.14. The summed E-state index contributed by atoms with van der Waals surface area (Å²) in [5.74, 6) is -0.313. The Morgan fingerprint density at radius 3 is 2.73 bits per heavy atom. The SMILES string of the molecule is CNC(c1cn(-c2cccc3c2CN(C2CCC(=O)NC2=O)C3=O)nn1)C1CCC1. The number of amides is 3. The van der Waals surface area contributed by atoms with E-state index in [-0.39, 0.29) is 24.3 Å². The number of carbonyl (C=O) groups excluding carboxylic acids is 3. The fourth-order valence-electron chi connectivity index (χ4n) is 4.72. The summed E-state index contributed by atoms with van der Waals surface area (Å²) in [4.78, 5) is 38.3. The molecule has 30 heavy (non-hydrogen) atoms. The summed E-state index contributed by atoms with van der Waals surface area (Å²) >= 11 is 0. The number of hydrogen-bond acceptors (Lipinski definition) is 6. The van der Waals surface area contributed by atoms with Crippen LogP contribution in [-0.4, -0.2) is 50.7 Å². The number of fused-ring (bicyclic) bond motifs is 1. The highest BCUT2D eigenvalue weighted by Gasteiger charge is 2.40. The standard InChI is InChI=1S/C21H24N6O3/c1-22-19(12-4-2-5-12)15-11-27(25-24-15)16-7-3-6-13-14(16)10-26(21(13)30)17-8-9-18(28)23-20(17)29/h3,6-7,11-12,17,19,22H,2,4-5,8-10H2,1H3,(H,23,28,29). The van der Waals surface area contributed by atoms with E-state index in [0.717, 1.165) is 16.9 Å². The van der Waals surface area contributed by atoms with Crippen molar-refractivity contribution in [3.63, 3.8) is 0 Å². The van der Waals surface area contributed by atoms with Crippen molar-refractivity contribution in [3.05, 3.63) is 41.2 Å². The zero-order valence-electron chi connectivity index (χ0n) is 16.8. The quantitative estimate of drug-likeness (QED) is 0.717. The zero-order chi connectivity index (χ0) is 20.8. The molecular weight excluding hydrogens is 384 g/mol. The van der Waals surface area contributed by atoms with E-state index >= 15 is 0 Å². The predicted octanol–water partition coefficient (Wildman–Crippen LogP) is 1.09. The van der Waals surface area contributed by atoms with E-state index in [9.17, 15) is 14.4 Å². The number of hydrogen-bond donors (Lipinski definition) is 2. The van der Waals surface area contributed by atoms with E-state index < -0.39 is 11.9 Å². The number of carbonyl (C=O) groups is 3. The molecule has 2 aromatic rings. The van der Waals surface area contributed by atoms with Gasteiger partial charge in [-0.15, -0.1) is 5.10 Å². The van der Waals surface area contributed by atoms with Gasteiger partial charge in [0.2, 0.25) is 11.8 Å². The van der Waals surface area contributed by atoms with Gasteiger partial charge in [0.15, 0.2) is 0 Å². The lowest BCUT2D eigenvalue weighted by atomic mass is 9.79. The van der Waals surface area contributed by atoms with Gasteiger partial charge < -0.3 is 10.2 Å². The van der Waals surface area contributed by atoms with Crippen LogP contribution in [0.25, 0.3) is 5.69 Å². The lowest BCUT2D eigenvalue weighted by molar-refractivity contribution is -0.136. The molecular formula is C21H24N6O3. The minimum atomic E-state index is -0.631. The number of nitrogens with one attached hydrogen (secondary N) is 2. The monoisotopic (exact) mass is 408 g/mol. The van der Waals surface area contributed by atoms with Crippen molar-refractivity contribution in [2.24, 2.45) is 5.92 Å². The van der Waals surface area contributed by atoms with Crippen LogP contribution in [0.3, 0.4) is 0 Å². The average molecular weight is 408 g/mol.